The minimum absolute atomic E-state index is 0.0446. The van der Waals surface area contributed by atoms with Gasteiger partial charge in [0, 0.05) is 33.5 Å². The highest BCUT2D eigenvalue weighted by Crippen LogP contribution is 2.32. The Bertz CT molecular complexity index is 1150. The monoisotopic (exact) mass is 442 g/mol. The molecule has 134 valence electrons. The molecule has 2 heterocycles. The maximum absolute atomic E-state index is 13.5. The molecule has 0 saturated carbocycles. The normalized spacial score (nSPS) is 11.0. The van der Waals surface area contributed by atoms with E-state index in [9.17, 15) is 4.39 Å². The van der Waals surface area contributed by atoms with Crippen molar-refractivity contribution in [1.29, 1.82) is 0 Å². The van der Waals surface area contributed by atoms with Gasteiger partial charge in [-0.3, -0.25) is 4.98 Å². The maximum atomic E-state index is 13.5. The Morgan fingerprint density at radius 3 is 2.70 bits per heavy atom. The van der Waals surface area contributed by atoms with E-state index in [2.05, 4.69) is 31.2 Å². The Morgan fingerprint density at radius 2 is 1.96 bits per heavy atom. The summed E-state index contributed by atoms with van der Waals surface area (Å²) in [4.78, 5) is 13.5. The Labute approximate surface area is 168 Å². The predicted molar refractivity (Wildman–Crippen MR) is 110 cm³/mol. The van der Waals surface area contributed by atoms with Gasteiger partial charge in [-0.2, -0.15) is 0 Å². The second kappa shape index (κ2) is 7.21. The van der Waals surface area contributed by atoms with Gasteiger partial charge in [0.25, 0.3) is 0 Å². The summed E-state index contributed by atoms with van der Waals surface area (Å²) in [7, 11) is 0. The van der Waals surface area contributed by atoms with Gasteiger partial charge in [-0.1, -0.05) is 27.5 Å². The lowest BCUT2D eigenvalue weighted by molar-refractivity contribution is 0.628. The highest BCUT2D eigenvalue weighted by atomic mass is 79.9. The van der Waals surface area contributed by atoms with Crippen molar-refractivity contribution in [3.63, 3.8) is 0 Å². The first-order valence-corrected chi connectivity index (χ1v) is 9.29. The van der Waals surface area contributed by atoms with Crippen LogP contribution in [0, 0.1) is 12.7 Å². The SMILES string of the molecule is Cc1cc(Br)cc2c(Nc3ccc(F)c(Cl)c3)nc(-c3cccnc3)nc12. The van der Waals surface area contributed by atoms with Crippen molar-refractivity contribution in [3.05, 3.63) is 75.7 Å². The number of pyridine rings is 1. The van der Waals surface area contributed by atoms with Crippen LogP contribution in [0.4, 0.5) is 15.9 Å². The first-order valence-electron chi connectivity index (χ1n) is 8.11. The number of aromatic nitrogens is 3. The van der Waals surface area contributed by atoms with Gasteiger partial charge in [0.2, 0.25) is 0 Å². The molecule has 0 atom stereocenters. The molecule has 0 bridgehead atoms. The van der Waals surface area contributed by atoms with Crippen LogP contribution in [0.5, 0.6) is 0 Å². The Hall–Kier alpha value is -2.57. The number of hydrogen-bond acceptors (Lipinski definition) is 4. The van der Waals surface area contributed by atoms with Crippen LogP contribution in [0.3, 0.4) is 0 Å². The van der Waals surface area contributed by atoms with Crippen molar-refractivity contribution in [2.24, 2.45) is 0 Å². The summed E-state index contributed by atoms with van der Waals surface area (Å²) < 4.78 is 14.4. The molecule has 4 aromatic rings. The molecule has 0 fully saturated rings. The van der Waals surface area contributed by atoms with Crippen molar-refractivity contribution in [2.45, 2.75) is 6.92 Å². The summed E-state index contributed by atoms with van der Waals surface area (Å²) in [5.41, 5.74) is 3.27. The summed E-state index contributed by atoms with van der Waals surface area (Å²) >= 11 is 9.44. The van der Waals surface area contributed by atoms with Crippen LogP contribution in [-0.4, -0.2) is 15.0 Å². The van der Waals surface area contributed by atoms with Crippen LogP contribution in [-0.2, 0) is 0 Å². The molecule has 2 aromatic carbocycles. The average Bonchev–Trinajstić information content (AvgIpc) is 2.66. The summed E-state index contributed by atoms with van der Waals surface area (Å²) in [6.45, 7) is 1.99. The number of halogens is 3. The van der Waals surface area contributed by atoms with Gasteiger partial charge in [0.05, 0.1) is 10.5 Å². The van der Waals surface area contributed by atoms with E-state index < -0.39 is 5.82 Å². The molecule has 0 spiro atoms. The lowest BCUT2D eigenvalue weighted by Gasteiger charge is -2.13. The molecule has 0 radical (unpaired) electrons. The van der Waals surface area contributed by atoms with Crippen LogP contribution in [0.25, 0.3) is 22.3 Å². The van der Waals surface area contributed by atoms with Gasteiger partial charge < -0.3 is 5.32 Å². The third-order valence-electron chi connectivity index (χ3n) is 4.06. The molecule has 0 aliphatic carbocycles. The molecule has 2 aromatic heterocycles. The summed E-state index contributed by atoms with van der Waals surface area (Å²) in [5.74, 6) is 0.687. The number of aryl methyl sites for hydroxylation is 1. The highest BCUT2D eigenvalue weighted by molar-refractivity contribution is 9.10. The van der Waals surface area contributed by atoms with Gasteiger partial charge in [-0.25, -0.2) is 14.4 Å². The minimum Gasteiger partial charge on any atom is -0.340 e. The van der Waals surface area contributed by atoms with Crippen molar-refractivity contribution >= 4 is 49.9 Å². The largest absolute Gasteiger partial charge is 0.340 e. The molecule has 0 unspecified atom stereocenters. The number of hydrogen-bond donors (Lipinski definition) is 1. The predicted octanol–water partition coefficient (Wildman–Crippen LogP) is 6.30. The van der Waals surface area contributed by atoms with Gasteiger partial charge in [-0.05, 0) is 55.0 Å². The molecule has 27 heavy (non-hydrogen) atoms. The molecule has 0 aliphatic rings. The second-order valence-corrected chi connectivity index (χ2v) is 7.33. The quantitative estimate of drug-likeness (QED) is 0.404. The number of anilines is 2. The smallest absolute Gasteiger partial charge is 0.163 e. The Morgan fingerprint density at radius 1 is 1.11 bits per heavy atom. The van der Waals surface area contributed by atoms with Gasteiger partial charge in [-0.15, -0.1) is 0 Å². The first-order chi connectivity index (χ1) is 13.0. The number of fused-ring (bicyclic) bond motifs is 1. The minimum atomic E-state index is -0.468. The van der Waals surface area contributed by atoms with E-state index in [1.807, 2.05) is 31.2 Å². The van der Waals surface area contributed by atoms with Crippen molar-refractivity contribution in [3.8, 4) is 11.4 Å². The number of nitrogens with zero attached hydrogens (tertiary/aromatic N) is 3. The van der Waals surface area contributed by atoms with Gasteiger partial charge >= 0.3 is 0 Å². The van der Waals surface area contributed by atoms with E-state index in [-0.39, 0.29) is 5.02 Å². The number of benzene rings is 2. The van der Waals surface area contributed by atoms with Crippen molar-refractivity contribution < 1.29 is 4.39 Å². The second-order valence-electron chi connectivity index (χ2n) is 6.01. The molecule has 1 N–H and O–H groups in total. The lowest BCUT2D eigenvalue weighted by atomic mass is 10.1. The van der Waals surface area contributed by atoms with E-state index in [0.29, 0.717) is 17.3 Å². The standard InChI is InChI=1S/C20H13BrClFN4/c1-11-7-13(21)8-15-18(11)26-19(12-3-2-6-24-10-12)27-20(15)25-14-4-5-17(23)16(22)9-14/h2-10H,1H3,(H,25,26,27). The molecule has 4 nitrogen and oxygen atoms in total. The number of rotatable bonds is 3. The summed E-state index contributed by atoms with van der Waals surface area (Å²) in [5, 5.41) is 4.12. The molecule has 7 heteroatoms. The third kappa shape index (κ3) is 3.63. The van der Waals surface area contributed by atoms with E-state index in [1.54, 1.807) is 18.5 Å². The summed E-state index contributed by atoms with van der Waals surface area (Å²) in [6, 6.07) is 12.1. The van der Waals surface area contributed by atoms with Gasteiger partial charge in [0.15, 0.2) is 5.82 Å². The zero-order valence-electron chi connectivity index (χ0n) is 14.2. The van der Waals surface area contributed by atoms with E-state index in [1.165, 1.54) is 12.1 Å². The Kier molecular flexibility index (Phi) is 4.76. The molecular formula is C20H13BrClFN4. The van der Waals surface area contributed by atoms with Crippen LogP contribution in [0.2, 0.25) is 5.02 Å². The average molecular weight is 444 g/mol. The number of nitrogens with one attached hydrogen (secondary N) is 1. The zero-order chi connectivity index (χ0) is 19.0. The maximum Gasteiger partial charge on any atom is 0.163 e. The van der Waals surface area contributed by atoms with Crippen LogP contribution in [0.1, 0.15) is 5.56 Å². The van der Waals surface area contributed by atoms with Crippen LogP contribution < -0.4 is 5.32 Å². The van der Waals surface area contributed by atoms with Crippen LogP contribution >= 0.6 is 27.5 Å². The fourth-order valence-corrected chi connectivity index (χ4v) is 3.54. The fraction of sp³-hybridized carbons (Fsp3) is 0.0500. The lowest BCUT2D eigenvalue weighted by Crippen LogP contribution is -2.01. The van der Waals surface area contributed by atoms with Gasteiger partial charge in [0.1, 0.15) is 11.6 Å². The molecule has 4 rings (SSSR count). The molecular weight excluding hydrogens is 431 g/mol. The van der Waals surface area contributed by atoms with Crippen LogP contribution in [0.15, 0.2) is 59.3 Å². The summed E-state index contributed by atoms with van der Waals surface area (Å²) in [6.07, 6.45) is 3.42. The molecule has 0 aliphatic heterocycles. The fourth-order valence-electron chi connectivity index (χ4n) is 2.79. The Balaban J connectivity index is 1.92. The van der Waals surface area contributed by atoms with Crippen molar-refractivity contribution in [2.75, 3.05) is 5.32 Å². The van der Waals surface area contributed by atoms with E-state index >= 15 is 0 Å². The van der Waals surface area contributed by atoms with Crippen molar-refractivity contribution in [1.82, 2.24) is 15.0 Å². The topological polar surface area (TPSA) is 50.7 Å². The zero-order valence-corrected chi connectivity index (χ0v) is 16.5. The van der Waals surface area contributed by atoms with E-state index in [0.717, 1.165) is 26.5 Å². The third-order valence-corrected chi connectivity index (χ3v) is 4.81. The highest BCUT2D eigenvalue weighted by Gasteiger charge is 2.13. The first kappa shape index (κ1) is 17.8. The van der Waals surface area contributed by atoms with E-state index in [4.69, 9.17) is 16.6 Å². The molecule has 0 saturated heterocycles. The molecule has 0 amide bonds.